The Kier molecular flexibility index (Phi) is 4.39. The summed E-state index contributed by atoms with van der Waals surface area (Å²) in [5.41, 5.74) is 1.84. The van der Waals surface area contributed by atoms with Crippen LogP contribution in [0.2, 0.25) is 0 Å². The van der Waals surface area contributed by atoms with Crippen molar-refractivity contribution in [1.82, 2.24) is 19.9 Å². The van der Waals surface area contributed by atoms with Crippen molar-refractivity contribution in [1.29, 1.82) is 0 Å². The van der Waals surface area contributed by atoms with Crippen LogP contribution in [0.25, 0.3) is 5.69 Å². The van der Waals surface area contributed by atoms with Gasteiger partial charge in [0.15, 0.2) is 0 Å². The molecule has 0 atom stereocenters. The summed E-state index contributed by atoms with van der Waals surface area (Å²) in [5.74, 6) is 0.250. The molecule has 0 fully saturated rings. The van der Waals surface area contributed by atoms with E-state index in [0.29, 0.717) is 12.1 Å². The highest BCUT2D eigenvalue weighted by molar-refractivity contribution is 5.35. The predicted octanol–water partition coefficient (Wildman–Crippen LogP) is 2.59. The number of hydrogen-bond acceptors (Lipinski definition) is 4. The van der Waals surface area contributed by atoms with E-state index < -0.39 is 0 Å². The maximum absolute atomic E-state index is 9.30. The number of nitrogens with zero attached hydrogens (tertiary/aromatic N) is 4. The molecule has 2 aromatic rings. The molecule has 1 aromatic heterocycles. The van der Waals surface area contributed by atoms with Gasteiger partial charge in [0.05, 0.1) is 17.6 Å². The molecule has 0 saturated heterocycles. The molecule has 2 rings (SSSR count). The van der Waals surface area contributed by atoms with Crippen LogP contribution in [0.1, 0.15) is 33.4 Å². The van der Waals surface area contributed by atoms with Crippen molar-refractivity contribution in [2.75, 3.05) is 0 Å². The Hall–Kier alpha value is -1.88. The standard InChI is InChI=1S/C15H22N4O/c1-11(2)18(12(3)4)9-13-10-19(17-16-13)14-5-7-15(20)8-6-14/h5-8,10-12,20H,9H2,1-4H3. The zero-order valence-electron chi connectivity index (χ0n) is 12.5. The van der Waals surface area contributed by atoms with Crippen LogP contribution >= 0.6 is 0 Å². The van der Waals surface area contributed by atoms with E-state index in [1.807, 2.05) is 18.3 Å². The molecule has 0 unspecified atom stereocenters. The van der Waals surface area contributed by atoms with Crippen molar-refractivity contribution in [3.8, 4) is 11.4 Å². The largest absolute Gasteiger partial charge is 0.508 e. The zero-order valence-corrected chi connectivity index (χ0v) is 12.5. The Balaban J connectivity index is 2.14. The quantitative estimate of drug-likeness (QED) is 0.910. The van der Waals surface area contributed by atoms with Crippen molar-refractivity contribution >= 4 is 0 Å². The lowest BCUT2D eigenvalue weighted by Gasteiger charge is -2.29. The topological polar surface area (TPSA) is 54.2 Å². The highest BCUT2D eigenvalue weighted by atomic mass is 16.3. The van der Waals surface area contributed by atoms with Crippen LogP contribution in [0.4, 0.5) is 0 Å². The molecule has 0 amide bonds. The number of benzene rings is 1. The number of aromatic hydroxyl groups is 1. The molecule has 20 heavy (non-hydrogen) atoms. The van der Waals surface area contributed by atoms with E-state index in [2.05, 4.69) is 42.9 Å². The summed E-state index contributed by atoms with van der Waals surface area (Å²) in [7, 11) is 0. The van der Waals surface area contributed by atoms with Gasteiger partial charge in [-0.1, -0.05) is 5.21 Å². The molecule has 5 heteroatoms. The Morgan fingerprint density at radius 2 is 1.70 bits per heavy atom. The van der Waals surface area contributed by atoms with E-state index in [4.69, 9.17) is 0 Å². The van der Waals surface area contributed by atoms with Crippen molar-refractivity contribution in [3.05, 3.63) is 36.2 Å². The molecule has 1 heterocycles. The zero-order chi connectivity index (χ0) is 14.7. The molecule has 0 aliphatic rings. The first-order chi connectivity index (χ1) is 9.47. The van der Waals surface area contributed by atoms with Crippen molar-refractivity contribution in [3.63, 3.8) is 0 Å². The predicted molar refractivity (Wildman–Crippen MR) is 78.8 cm³/mol. The molecule has 0 aliphatic carbocycles. The molecule has 108 valence electrons. The minimum atomic E-state index is 0.250. The van der Waals surface area contributed by atoms with Crippen LogP contribution < -0.4 is 0 Å². The summed E-state index contributed by atoms with van der Waals surface area (Å²) in [4.78, 5) is 2.37. The van der Waals surface area contributed by atoms with Crippen LogP contribution in [0.3, 0.4) is 0 Å². The Bertz CT molecular complexity index is 537. The average molecular weight is 274 g/mol. The minimum Gasteiger partial charge on any atom is -0.508 e. The highest BCUT2D eigenvalue weighted by Gasteiger charge is 2.15. The fraction of sp³-hybridized carbons (Fsp3) is 0.467. The molecule has 0 bridgehead atoms. The molecule has 0 spiro atoms. The third kappa shape index (κ3) is 3.36. The first-order valence-electron chi connectivity index (χ1n) is 6.93. The first kappa shape index (κ1) is 14.5. The molecule has 0 saturated carbocycles. The van der Waals surface area contributed by atoms with E-state index in [0.717, 1.165) is 17.9 Å². The number of aromatic nitrogens is 3. The van der Waals surface area contributed by atoms with Crippen LogP contribution in [0.5, 0.6) is 5.75 Å². The number of phenolic OH excluding ortho intramolecular Hbond substituents is 1. The lowest BCUT2D eigenvalue weighted by atomic mass is 10.2. The van der Waals surface area contributed by atoms with E-state index in [-0.39, 0.29) is 5.75 Å². The summed E-state index contributed by atoms with van der Waals surface area (Å²) >= 11 is 0. The molecule has 5 nitrogen and oxygen atoms in total. The fourth-order valence-corrected chi connectivity index (χ4v) is 2.25. The molecule has 1 N–H and O–H groups in total. The van der Waals surface area contributed by atoms with Crippen LogP contribution in [-0.2, 0) is 6.54 Å². The Morgan fingerprint density at radius 1 is 1.10 bits per heavy atom. The molecule has 1 aromatic carbocycles. The second-order valence-electron chi connectivity index (χ2n) is 5.53. The third-order valence-electron chi connectivity index (χ3n) is 3.33. The summed E-state index contributed by atoms with van der Waals surface area (Å²) < 4.78 is 1.73. The number of phenols is 1. The van der Waals surface area contributed by atoms with Gasteiger partial charge in [-0.25, -0.2) is 4.68 Å². The van der Waals surface area contributed by atoms with Gasteiger partial charge in [-0.2, -0.15) is 0 Å². The van der Waals surface area contributed by atoms with Gasteiger partial charge >= 0.3 is 0 Å². The van der Waals surface area contributed by atoms with Gasteiger partial charge in [-0.05, 0) is 52.0 Å². The maximum atomic E-state index is 9.30. The van der Waals surface area contributed by atoms with Gasteiger partial charge in [-0.15, -0.1) is 5.10 Å². The smallest absolute Gasteiger partial charge is 0.115 e. The second kappa shape index (κ2) is 6.05. The Morgan fingerprint density at radius 3 is 2.25 bits per heavy atom. The van der Waals surface area contributed by atoms with Crippen molar-refractivity contribution in [2.24, 2.45) is 0 Å². The molecular formula is C15H22N4O. The first-order valence-corrected chi connectivity index (χ1v) is 6.93. The molecule has 0 radical (unpaired) electrons. The highest BCUT2D eigenvalue weighted by Crippen LogP contribution is 2.14. The van der Waals surface area contributed by atoms with Gasteiger partial charge in [-0.3, -0.25) is 4.90 Å². The summed E-state index contributed by atoms with van der Waals surface area (Å²) in [6.45, 7) is 9.52. The lowest BCUT2D eigenvalue weighted by molar-refractivity contribution is 0.164. The van der Waals surface area contributed by atoms with Crippen LogP contribution in [0.15, 0.2) is 30.5 Å². The van der Waals surface area contributed by atoms with Gasteiger partial charge in [0.2, 0.25) is 0 Å². The van der Waals surface area contributed by atoms with Gasteiger partial charge in [0.25, 0.3) is 0 Å². The van der Waals surface area contributed by atoms with E-state index in [1.54, 1.807) is 16.8 Å². The van der Waals surface area contributed by atoms with E-state index >= 15 is 0 Å². The molecule has 0 aliphatic heterocycles. The van der Waals surface area contributed by atoms with Crippen LogP contribution in [0, 0.1) is 0 Å². The van der Waals surface area contributed by atoms with Crippen molar-refractivity contribution in [2.45, 2.75) is 46.3 Å². The maximum Gasteiger partial charge on any atom is 0.115 e. The fourth-order valence-electron chi connectivity index (χ4n) is 2.25. The second-order valence-corrected chi connectivity index (χ2v) is 5.53. The minimum absolute atomic E-state index is 0.250. The summed E-state index contributed by atoms with van der Waals surface area (Å²) in [5, 5.41) is 17.7. The number of hydrogen-bond donors (Lipinski definition) is 1. The van der Waals surface area contributed by atoms with E-state index in [1.165, 1.54) is 0 Å². The van der Waals surface area contributed by atoms with Gasteiger partial charge in [0.1, 0.15) is 5.75 Å². The molecular weight excluding hydrogens is 252 g/mol. The van der Waals surface area contributed by atoms with Gasteiger partial charge < -0.3 is 5.11 Å². The lowest BCUT2D eigenvalue weighted by Crippen LogP contribution is -2.36. The SMILES string of the molecule is CC(C)N(Cc1cn(-c2ccc(O)cc2)nn1)C(C)C. The van der Waals surface area contributed by atoms with Gasteiger partial charge in [0, 0.05) is 18.6 Å². The summed E-state index contributed by atoms with van der Waals surface area (Å²) in [6.07, 6.45) is 1.93. The van der Waals surface area contributed by atoms with Crippen LogP contribution in [-0.4, -0.2) is 37.1 Å². The number of rotatable bonds is 5. The average Bonchev–Trinajstić information content (AvgIpc) is 2.84. The normalized spacial score (nSPS) is 11.8. The summed E-state index contributed by atoms with van der Waals surface area (Å²) in [6, 6.07) is 7.85. The monoisotopic (exact) mass is 274 g/mol. The van der Waals surface area contributed by atoms with Crippen molar-refractivity contribution < 1.29 is 5.11 Å². The Labute approximate surface area is 119 Å². The van der Waals surface area contributed by atoms with E-state index in [9.17, 15) is 5.11 Å². The third-order valence-corrected chi connectivity index (χ3v) is 3.33.